The van der Waals surface area contributed by atoms with Crippen molar-refractivity contribution in [3.05, 3.63) is 65.2 Å². The summed E-state index contributed by atoms with van der Waals surface area (Å²) in [5.74, 6) is 0.0675. The van der Waals surface area contributed by atoms with Crippen molar-refractivity contribution in [3.63, 3.8) is 0 Å². The summed E-state index contributed by atoms with van der Waals surface area (Å²) in [7, 11) is 0. The molecule has 1 amide bonds. The van der Waals surface area contributed by atoms with Gasteiger partial charge in [-0.1, -0.05) is 31.5 Å². The van der Waals surface area contributed by atoms with E-state index in [2.05, 4.69) is 65.6 Å². The Morgan fingerprint density at radius 2 is 2.07 bits per heavy atom. The molecule has 0 bridgehead atoms. The Morgan fingerprint density at radius 1 is 1.29 bits per heavy atom. The molecule has 1 aromatic carbocycles. The number of nitrogens with zero attached hydrogens (tertiary/aromatic N) is 3. The quantitative estimate of drug-likeness (QED) is 0.712. The van der Waals surface area contributed by atoms with Crippen molar-refractivity contribution in [2.75, 3.05) is 0 Å². The summed E-state index contributed by atoms with van der Waals surface area (Å²) in [5.41, 5.74) is 5.77. The molecule has 1 aliphatic rings. The van der Waals surface area contributed by atoms with Gasteiger partial charge in [-0.05, 0) is 49.3 Å². The van der Waals surface area contributed by atoms with Crippen molar-refractivity contribution in [2.24, 2.45) is 5.41 Å². The van der Waals surface area contributed by atoms with Crippen molar-refractivity contribution >= 4 is 5.91 Å². The Kier molecular flexibility index (Phi) is 4.79. The lowest BCUT2D eigenvalue weighted by Gasteiger charge is -2.36. The van der Waals surface area contributed by atoms with E-state index in [1.54, 1.807) is 6.20 Å². The molecule has 2 heterocycles. The number of benzene rings is 1. The molecule has 3 aromatic rings. The smallest absolute Gasteiger partial charge is 0.220 e. The third-order valence-corrected chi connectivity index (χ3v) is 5.49. The maximum atomic E-state index is 12.6. The van der Waals surface area contributed by atoms with Crippen LogP contribution in [0.5, 0.6) is 0 Å². The summed E-state index contributed by atoms with van der Waals surface area (Å²) in [6.07, 6.45) is 8.52. The van der Waals surface area contributed by atoms with E-state index in [1.165, 1.54) is 11.3 Å². The molecular formula is C22H27N5O. The van der Waals surface area contributed by atoms with Crippen LogP contribution in [0.15, 0.2) is 42.9 Å². The second-order valence-electron chi connectivity index (χ2n) is 8.57. The molecule has 28 heavy (non-hydrogen) atoms. The van der Waals surface area contributed by atoms with Crippen LogP contribution in [0.3, 0.4) is 0 Å². The highest BCUT2D eigenvalue weighted by molar-refractivity contribution is 5.76. The van der Waals surface area contributed by atoms with Crippen LogP contribution in [0.2, 0.25) is 0 Å². The van der Waals surface area contributed by atoms with Gasteiger partial charge in [-0.3, -0.25) is 9.89 Å². The number of rotatable bonds is 5. The number of carbonyl (C=O) groups is 1. The summed E-state index contributed by atoms with van der Waals surface area (Å²) in [6, 6.07) is 8.40. The Labute approximate surface area is 165 Å². The van der Waals surface area contributed by atoms with Gasteiger partial charge in [0.2, 0.25) is 5.91 Å². The van der Waals surface area contributed by atoms with Crippen molar-refractivity contribution in [3.8, 4) is 5.69 Å². The second kappa shape index (κ2) is 7.26. The van der Waals surface area contributed by atoms with E-state index in [-0.39, 0.29) is 17.4 Å². The first-order valence-corrected chi connectivity index (χ1v) is 9.82. The number of fused-ring (bicyclic) bond motifs is 1. The van der Waals surface area contributed by atoms with Gasteiger partial charge in [-0.15, -0.1) is 0 Å². The highest BCUT2D eigenvalue weighted by atomic mass is 16.1. The van der Waals surface area contributed by atoms with Gasteiger partial charge in [-0.25, -0.2) is 4.68 Å². The lowest BCUT2D eigenvalue weighted by molar-refractivity contribution is -0.122. The highest BCUT2D eigenvalue weighted by Gasteiger charge is 2.35. The van der Waals surface area contributed by atoms with E-state index in [0.717, 1.165) is 29.7 Å². The Bertz CT molecular complexity index is 953. The van der Waals surface area contributed by atoms with Crippen molar-refractivity contribution < 1.29 is 4.79 Å². The van der Waals surface area contributed by atoms with Gasteiger partial charge in [0.1, 0.15) is 0 Å². The van der Waals surface area contributed by atoms with Crippen LogP contribution in [0.25, 0.3) is 5.69 Å². The van der Waals surface area contributed by atoms with Gasteiger partial charge in [0.05, 0.1) is 29.8 Å². The van der Waals surface area contributed by atoms with Gasteiger partial charge in [0, 0.05) is 18.2 Å². The number of hydrogen-bond donors (Lipinski definition) is 2. The highest BCUT2D eigenvalue weighted by Crippen LogP contribution is 2.41. The first-order valence-electron chi connectivity index (χ1n) is 9.82. The minimum absolute atomic E-state index is 0.00482. The maximum absolute atomic E-state index is 12.6. The van der Waals surface area contributed by atoms with Gasteiger partial charge in [0.15, 0.2) is 0 Å². The molecule has 0 spiro atoms. The lowest BCUT2D eigenvalue weighted by Crippen LogP contribution is -2.36. The van der Waals surface area contributed by atoms with Crippen LogP contribution in [0, 0.1) is 12.3 Å². The summed E-state index contributed by atoms with van der Waals surface area (Å²) < 4.78 is 2.03. The molecule has 1 atom stereocenters. The van der Waals surface area contributed by atoms with Crippen LogP contribution in [0.1, 0.15) is 55.1 Å². The fourth-order valence-electron chi connectivity index (χ4n) is 4.02. The Balaban J connectivity index is 1.55. The Hall–Kier alpha value is -2.89. The van der Waals surface area contributed by atoms with Crippen molar-refractivity contribution in [1.82, 2.24) is 25.3 Å². The van der Waals surface area contributed by atoms with E-state index in [4.69, 9.17) is 0 Å². The lowest BCUT2D eigenvalue weighted by atomic mass is 9.74. The molecule has 0 saturated heterocycles. The number of amides is 1. The van der Waals surface area contributed by atoms with Crippen molar-refractivity contribution in [1.29, 1.82) is 0 Å². The predicted octanol–water partition coefficient (Wildman–Crippen LogP) is 3.67. The van der Waals surface area contributed by atoms with Crippen LogP contribution in [0.4, 0.5) is 0 Å². The van der Waals surface area contributed by atoms with Crippen molar-refractivity contribution in [2.45, 2.75) is 52.5 Å². The average Bonchev–Trinajstić information content (AvgIpc) is 3.29. The van der Waals surface area contributed by atoms with Gasteiger partial charge in [-0.2, -0.15) is 10.2 Å². The fraction of sp³-hybridized carbons (Fsp3) is 0.409. The van der Waals surface area contributed by atoms with Crippen LogP contribution in [-0.2, 0) is 17.6 Å². The topological polar surface area (TPSA) is 75.6 Å². The van der Waals surface area contributed by atoms with E-state index in [0.29, 0.717) is 12.8 Å². The number of aryl methyl sites for hydroxylation is 2. The van der Waals surface area contributed by atoms with Crippen LogP contribution in [-0.4, -0.2) is 25.9 Å². The van der Waals surface area contributed by atoms with E-state index in [1.807, 2.05) is 17.1 Å². The first-order chi connectivity index (χ1) is 13.4. The fourth-order valence-corrected chi connectivity index (χ4v) is 4.02. The van der Waals surface area contributed by atoms with Crippen LogP contribution >= 0.6 is 0 Å². The van der Waals surface area contributed by atoms with Gasteiger partial charge >= 0.3 is 0 Å². The summed E-state index contributed by atoms with van der Waals surface area (Å²) in [4.78, 5) is 12.6. The van der Waals surface area contributed by atoms with Crippen LogP contribution < -0.4 is 5.32 Å². The van der Waals surface area contributed by atoms with Gasteiger partial charge < -0.3 is 5.32 Å². The molecule has 2 N–H and O–H groups in total. The van der Waals surface area contributed by atoms with E-state index < -0.39 is 0 Å². The molecule has 0 aliphatic heterocycles. The number of H-pyrrole nitrogens is 1. The number of carbonyl (C=O) groups excluding carboxylic acids is 1. The minimum Gasteiger partial charge on any atom is -0.349 e. The summed E-state index contributed by atoms with van der Waals surface area (Å²) >= 11 is 0. The molecule has 146 valence electrons. The first kappa shape index (κ1) is 18.5. The second-order valence-corrected chi connectivity index (χ2v) is 8.57. The molecule has 1 aliphatic carbocycles. The third kappa shape index (κ3) is 3.86. The largest absolute Gasteiger partial charge is 0.349 e. The minimum atomic E-state index is -0.00482. The monoisotopic (exact) mass is 377 g/mol. The molecule has 0 fully saturated rings. The predicted molar refractivity (Wildman–Crippen MR) is 108 cm³/mol. The normalized spacial score (nSPS) is 17.9. The number of aromatic amines is 1. The molecule has 0 radical (unpaired) electrons. The zero-order chi connectivity index (χ0) is 19.7. The molecule has 2 aromatic heterocycles. The Morgan fingerprint density at radius 3 is 2.79 bits per heavy atom. The molecule has 0 unspecified atom stereocenters. The zero-order valence-electron chi connectivity index (χ0n) is 16.7. The third-order valence-electron chi connectivity index (χ3n) is 5.49. The maximum Gasteiger partial charge on any atom is 0.220 e. The van der Waals surface area contributed by atoms with E-state index in [9.17, 15) is 4.79 Å². The number of hydrogen-bond acceptors (Lipinski definition) is 3. The number of aromatic nitrogens is 4. The average molecular weight is 377 g/mol. The van der Waals surface area contributed by atoms with Gasteiger partial charge in [0.25, 0.3) is 0 Å². The molecular weight excluding hydrogens is 350 g/mol. The molecule has 4 rings (SSSR count). The summed E-state index contributed by atoms with van der Waals surface area (Å²) in [6.45, 7) is 6.60. The zero-order valence-corrected chi connectivity index (χ0v) is 16.7. The SMILES string of the molecule is Cc1ccc(-n2ncc3c2CC(C)(C)C[C@H]3NC(=O)CCc2cn[nH]c2)cc1. The molecule has 0 saturated carbocycles. The molecule has 6 heteroatoms. The summed E-state index contributed by atoms with van der Waals surface area (Å²) in [5, 5.41) is 14.6. The number of nitrogens with one attached hydrogen (secondary N) is 2. The molecule has 6 nitrogen and oxygen atoms in total. The van der Waals surface area contributed by atoms with E-state index >= 15 is 0 Å². The standard InChI is InChI=1S/C22H27N5O/c1-15-4-7-17(8-5-15)27-20-11-22(2,3)10-19(18(20)14-25-27)26-21(28)9-6-16-12-23-24-13-16/h4-5,7-8,12-14,19H,6,9-11H2,1-3H3,(H,23,24)(H,26,28)/t19-/m1/s1.